The third-order valence-corrected chi connectivity index (χ3v) is 5.60. The minimum absolute atomic E-state index is 0.173. The van der Waals surface area contributed by atoms with Crippen molar-refractivity contribution >= 4 is 40.2 Å². The molecule has 0 saturated carbocycles. The van der Waals surface area contributed by atoms with E-state index in [-0.39, 0.29) is 23.7 Å². The lowest BCUT2D eigenvalue weighted by atomic mass is 10.2. The summed E-state index contributed by atoms with van der Waals surface area (Å²) in [4.78, 5) is 35.1. The molecule has 4 rings (SSSR count). The summed E-state index contributed by atoms with van der Waals surface area (Å²) in [5.41, 5.74) is 7.35. The number of nitro groups is 1. The molecule has 12 heteroatoms. The molecule has 0 fully saturated rings. The van der Waals surface area contributed by atoms with Crippen LogP contribution in [0.5, 0.6) is 0 Å². The number of pyridine rings is 1. The first-order chi connectivity index (χ1) is 14.9. The van der Waals surface area contributed by atoms with Gasteiger partial charge in [0, 0.05) is 24.0 Å². The molecule has 0 radical (unpaired) electrons. The third kappa shape index (κ3) is 4.58. The lowest BCUT2D eigenvalue weighted by molar-refractivity contribution is -0.385. The average molecular weight is 459 g/mol. The van der Waals surface area contributed by atoms with Crippen LogP contribution in [0, 0.1) is 10.1 Å². The number of halogens is 1. The highest BCUT2D eigenvalue weighted by atomic mass is 35.5. The number of anilines is 1. The van der Waals surface area contributed by atoms with Crippen LogP contribution < -0.4 is 26.8 Å². The first-order valence-corrected chi connectivity index (χ1v) is 10.1. The van der Waals surface area contributed by atoms with Crippen molar-refractivity contribution in [2.24, 2.45) is 0 Å². The summed E-state index contributed by atoms with van der Waals surface area (Å²) in [5.74, 6) is -0.218. The minimum Gasteiger partial charge on any atom is -0.346 e. The normalized spacial score (nSPS) is 12.9. The van der Waals surface area contributed by atoms with Crippen molar-refractivity contribution in [1.29, 1.82) is 0 Å². The van der Waals surface area contributed by atoms with Crippen LogP contribution in [0.25, 0.3) is 5.69 Å². The Bertz CT molecular complexity index is 1240. The van der Waals surface area contributed by atoms with Crippen molar-refractivity contribution in [3.8, 4) is 5.69 Å². The number of rotatable bonds is 6. The molecule has 0 spiro atoms. The summed E-state index contributed by atoms with van der Waals surface area (Å²) in [6, 6.07) is 12.5. The van der Waals surface area contributed by atoms with E-state index in [1.165, 1.54) is 28.2 Å². The highest BCUT2D eigenvalue weighted by molar-refractivity contribution is 7.18. The standard InChI is InChI=1S/C19H15ClN6O4S/c20-17-7-6-16(31-17)19(28)21-9-12-10-25(23-22-12)14-3-1-13(2-4-14)24-11-15(26(29)30)5-8-18(24)27/h1-8,10-11,22-23H,9H2,(H,21,28). The van der Waals surface area contributed by atoms with Gasteiger partial charge in [-0.25, -0.2) is 0 Å². The summed E-state index contributed by atoms with van der Waals surface area (Å²) in [6.45, 7) is 0.277. The Kier molecular flexibility index (Phi) is 5.71. The molecule has 1 aliphatic heterocycles. The number of hydrogen-bond acceptors (Lipinski definition) is 8. The zero-order valence-corrected chi connectivity index (χ0v) is 17.3. The molecule has 3 heterocycles. The fourth-order valence-electron chi connectivity index (χ4n) is 2.84. The molecule has 158 valence electrons. The van der Waals surface area contributed by atoms with Crippen molar-refractivity contribution in [3.05, 3.63) is 96.3 Å². The van der Waals surface area contributed by atoms with Gasteiger partial charge in [-0.05, 0) is 36.4 Å². The Balaban J connectivity index is 1.43. The first kappa shape index (κ1) is 20.6. The fourth-order valence-corrected chi connectivity index (χ4v) is 3.80. The van der Waals surface area contributed by atoms with Crippen molar-refractivity contribution in [2.45, 2.75) is 0 Å². The number of carbonyl (C=O) groups is 1. The van der Waals surface area contributed by atoms with Gasteiger partial charge in [0.05, 0.1) is 38.3 Å². The molecular weight excluding hydrogens is 444 g/mol. The molecule has 31 heavy (non-hydrogen) atoms. The van der Waals surface area contributed by atoms with Gasteiger partial charge in [0.2, 0.25) is 0 Å². The molecule has 0 aliphatic carbocycles. The van der Waals surface area contributed by atoms with E-state index >= 15 is 0 Å². The van der Waals surface area contributed by atoms with Crippen molar-refractivity contribution in [3.63, 3.8) is 0 Å². The number of amides is 1. The first-order valence-electron chi connectivity index (χ1n) is 8.93. The van der Waals surface area contributed by atoms with E-state index in [9.17, 15) is 19.7 Å². The van der Waals surface area contributed by atoms with Crippen LogP contribution in [0.1, 0.15) is 9.67 Å². The maximum atomic E-state index is 12.1. The van der Waals surface area contributed by atoms with E-state index in [2.05, 4.69) is 16.3 Å². The maximum absolute atomic E-state index is 12.1. The summed E-state index contributed by atoms with van der Waals surface area (Å²) in [6.07, 6.45) is 2.96. The summed E-state index contributed by atoms with van der Waals surface area (Å²) < 4.78 is 1.76. The highest BCUT2D eigenvalue weighted by Gasteiger charge is 2.15. The Hall–Kier alpha value is -3.67. The van der Waals surface area contributed by atoms with Crippen LogP contribution in [0.15, 0.2) is 71.4 Å². The zero-order chi connectivity index (χ0) is 22.0. The van der Waals surface area contributed by atoms with Gasteiger partial charge in [-0.2, -0.15) is 0 Å². The molecule has 2 aromatic heterocycles. The van der Waals surface area contributed by atoms with Gasteiger partial charge >= 0.3 is 0 Å². The number of nitrogens with zero attached hydrogens (tertiary/aromatic N) is 3. The number of hydrogen-bond donors (Lipinski definition) is 3. The lowest BCUT2D eigenvalue weighted by Gasteiger charge is -2.15. The highest BCUT2D eigenvalue weighted by Crippen LogP contribution is 2.21. The molecule has 3 aromatic rings. The van der Waals surface area contributed by atoms with Crippen LogP contribution in [0.2, 0.25) is 4.34 Å². The molecule has 10 nitrogen and oxygen atoms in total. The van der Waals surface area contributed by atoms with Gasteiger partial charge in [0.15, 0.2) is 0 Å². The Morgan fingerprint density at radius 1 is 1.13 bits per heavy atom. The number of hydrazine groups is 2. The molecular formula is C19H15ClN6O4S. The SMILES string of the molecule is O=C(NCC1=CN(c2ccc(-n3cc([N+](=O)[O-])ccc3=O)cc2)NN1)c1ccc(Cl)s1. The predicted molar refractivity (Wildman–Crippen MR) is 117 cm³/mol. The smallest absolute Gasteiger partial charge is 0.286 e. The van der Waals surface area contributed by atoms with Gasteiger partial charge in [-0.15, -0.1) is 16.9 Å². The summed E-state index contributed by atoms with van der Waals surface area (Å²) in [7, 11) is 0. The lowest BCUT2D eigenvalue weighted by Crippen LogP contribution is -2.38. The summed E-state index contributed by atoms with van der Waals surface area (Å²) in [5, 5.41) is 15.5. The van der Waals surface area contributed by atoms with E-state index < -0.39 is 4.92 Å². The van der Waals surface area contributed by atoms with E-state index in [1.54, 1.807) is 47.6 Å². The van der Waals surface area contributed by atoms with Gasteiger partial charge < -0.3 is 10.7 Å². The van der Waals surface area contributed by atoms with Crippen molar-refractivity contribution < 1.29 is 9.72 Å². The number of aromatic nitrogens is 1. The molecule has 0 saturated heterocycles. The van der Waals surface area contributed by atoms with Crippen LogP contribution in [-0.2, 0) is 0 Å². The number of benzene rings is 1. The quantitative estimate of drug-likeness (QED) is 0.383. The molecule has 1 aromatic carbocycles. The molecule has 1 aliphatic rings. The molecule has 0 atom stereocenters. The van der Waals surface area contributed by atoms with E-state index in [1.807, 2.05) is 0 Å². The maximum Gasteiger partial charge on any atom is 0.286 e. The number of carbonyl (C=O) groups excluding carboxylic acids is 1. The molecule has 0 unspecified atom stereocenters. The second-order valence-electron chi connectivity index (χ2n) is 6.42. The van der Waals surface area contributed by atoms with Gasteiger partial charge in [0.1, 0.15) is 0 Å². The third-order valence-electron chi connectivity index (χ3n) is 4.37. The topological polar surface area (TPSA) is 122 Å². The second kappa shape index (κ2) is 8.60. The van der Waals surface area contributed by atoms with Crippen LogP contribution in [0.3, 0.4) is 0 Å². The monoisotopic (exact) mass is 458 g/mol. The van der Waals surface area contributed by atoms with Gasteiger partial charge in [-0.1, -0.05) is 11.6 Å². The molecule has 0 bridgehead atoms. The minimum atomic E-state index is -0.553. The van der Waals surface area contributed by atoms with Crippen LogP contribution in [-0.4, -0.2) is 21.9 Å². The fraction of sp³-hybridized carbons (Fsp3) is 0.0526. The van der Waals surface area contributed by atoms with E-state index in [4.69, 9.17) is 11.6 Å². The van der Waals surface area contributed by atoms with Gasteiger partial charge in [0.25, 0.3) is 17.2 Å². The Morgan fingerprint density at radius 3 is 2.55 bits per heavy atom. The number of nitrogens with one attached hydrogen (secondary N) is 3. The van der Waals surface area contributed by atoms with Crippen LogP contribution in [0.4, 0.5) is 11.4 Å². The van der Waals surface area contributed by atoms with Gasteiger partial charge in [-0.3, -0.25) is 29.3 Å². The van der Waals surface area contributed by atoms with Crippen molar-refractivity contribution in [2.75, 3.05) is 11.6 Å². The van der Waals surface area contributed by atoms with E-state index in [0.717, 1.165) is 17.5 Å². The molecule has 1 amide bonds. The van der Waals surface area contributed by atoms with Crippen molar-refractivity contribution in [1.82, 2.24) is 20.8 Å². The Morgan fingerprint density at radius 2 is 1.87 bits per heavy atom. The predicted octanol–water partition coefficient (Wildman–Crippen LogP) is 2.56. The molecule has 3 N–H and O–H groups in total. The second-order valence-corrected chi connectivity index (χ2v) is 8.13. The Labute approximate surface area is 184 Å². The van der Waals surface area contributed by atoms with Crippen LogP contribution >= 0.6 is 22.9 Å². The number of thiophene rings is 1. The van der Waals surface area contributed by atoms with E-state index in [0.29, 0.717) is 14.9 Å². The largest absolute Gasteiger partial charge is 0.346 e. The average Bonchev–Trinajstić information content (AvgIpc) is 3.41. The zero-order valence-electron chi connectivity index (χ0n) is 15.7. The summed E-state index contributed by atoms with van der Waals surface area (Å²) >= 11 is 7.05.